The molecule has 0 unspecified atom stereocenters. The Morgan fingerprint density at radius 1 is 0.965 bits per heavy atom. The van der Waals surface area contributed by atoms with Gasteiger partial charge in [-0.3, -0.25) is 13.9 Å². The van der Waals surface area contributed by atoms with Gasteiger partial charge in [0.25, 0.3) is 0 Å². The SMILES string of the molecule is C=C(\N=C(C(/C=C/[C@H](O)C[C@@H](O)CC(=O)OCOC(=O)C(C)(C)Oc1ccc(C(=O)c2ccc(Cl)cc2)cc1)=C(\N)c1ccc(F)cc1)\C(C)C)N(C)S(C)(=O)=O. The predicted molar refractivity (Wildman–Crippen MR) is 215 cm³/mol. The van der Waals surface area contributed by atoms with E-state index in [1.165, 1.54) is 69.4 Å². The van der Waals surface area contributed by atoms with Gasteiger partial charge in [-0.05, 0) is 98.1 Å². The van der Waals surface area contributed by atoms with Gasteiger partial charge >= 0.3 is 11.9 Å². The Morgan fingerprint density at radius 2 is 1.51 bits per heavy atom. The summed E-state index contributed by atoms with van der Waals surface area (Å²) in [5.74, 6) is -2.68. The number of ketones is 1. The lowest BCUT2D eigenvalue weighted by molar-refractivity contribution is -0.178. The number of aliphatic imine (C=N–C) groups is 1. The molecule has 57 heavy (non-hydrogen) atoms. The summed E-state index contributed by atoms with van der Waals surface area (Å²) in [4.78, 5) is 42.3. The van der Waals surface area contributed by atoms with Gasteiger partial charge in [0.15, 0.2) is 11.4 Å². The number of hydrogen-bond acceptors (Lipinski definition) is 12. The van der Waals surface area contributed by atoms with Gasteiger partial charge in [0.1, 0.15) is 17.4 Å². The first kappa shape index (κ1) is 46.0. The molecule has 3 aromatic carbocycles. The minimum absolute atomic E-state index is 0.106. The second kappa shape index (κ2) is 20.2. The molecule has 0 saturated heterocycles. The molecule has 0 saturated carbocycles. The number of aliphatic hydroxyl groups is 2. The van der Waals surface area contributed by atoms with Gasteiger partial charge in [0.05, 0.1) is 30.6 Å². The predicted octanol–water partition coefficient (Wildman–Crippen LogP) is 5.80. The van der Waals surface area contributed by atoms with Crippen molar-refractivity contribution in [2.45, 2.75) is 58.3 Å². The van der Waals surface area contributed by atoms with Crippen LogP contribution < -0.4 is 10.5 Å². The van der Waals surface area contributed by atoms with Crippen LogP contribution in [-0.2, 0) is 29.1 Å². The van der Waals surface area contributed by atoms with Crippen LogP contribution in [0.5, 0.6) is 5.75 Å². The fraction of sp³-hybridized carbons (Fsp3) is 0.317. The molecule has 13 nitrogen and oxygen atoms in total. The number of esters is 2. The number of carbonyl (C=O) groups is 3. The van der Waals surface area contributed by atoms with Crippen molar-refractivity contribution in [2.75, 3.05) is 20.1 Å². The van der Waals surface area contributed by atoms with Crippen LogP contribution in [0.3, 0.4) is 0 Å². The average Bonchev–Trinajstić information content (AvgIpc) is 3.13. The number of allylic oxidation sites excluding steroid dienone is 2. The summed E-state index contributed by atoms with van der Waals surface area (Å²) in [5.41, 5.74) is 6.94. The number of aliphatic hydroxyl groups excluding tert-OH is 2. The zero-order valence-electron chi connectivity index (χ0n) is 32.4. The topological polar surface area (TPSA) is 195 Å². The number of benzene rings is 3. The highest BCUT2D eigenvalue weighted by Crippen LogP contribution is 2.24. The standard InChI is InChI=1S/C41H47ClFN3O10S/c1-25(2)38(45-26(3)46(6)57(7,52)53)35(37(44)27-10-16-31(43)17-11-27)21-18-32(47)22-33(48)23-36(49)54-24-55-40(51)41(4,5)56-34-19-12-29(13-20-34)39(50)28-8-14-30(42)15-9-28/h8-21,25,32-33,47-48H,3,22-24,44H2,1-2,4-7H3/b21-18+,37-35-,45-38-/t32-,33+/m0/s1. The normalized spacial score (nSPS) is 13.8. The Kier molecular flexibility index (Phi) is 16.3. The lowest BCUT2D eigenvalue weighted by Gasteiger charge is -2.24. The minimum atomic E-state index is -3.69. The Morgan fingerprint density at radius 3 is 2.05 bits per heavy atom. The van der Waals surface area contributed by atoms with Crippen LogP contribution in [-0.4, -0.2) is 84.3 Å². The van der Waals surface area contributed by atoms with Crippen LogP contribution >= 0.6 is 11.6 Å². The van der Waals surface area contributed by atoms with E-state index in [1.54, 1.807) is 50.2 Å². The van der Waals surface area contributed by atoms with Gasteiger partial charge in [0, 0.05) is 40.9 Å². The molecule has 0 amide bonds. The van der Waals surface area contributed by atoms with Crippen molar-refractivity contribution in [3.8, 4) is 5.75 Å². The summed E-state index contributed by atoms with van der Waals surface area (Å²) >= 11 is 5.90. The fourth-order valence-corrected chi connectivity index (χ4v) is 5.55. The number of nitrogens with two attached hydrogens (primary N) is 1. The molecule has 0 aromatic heterocycles. The van der Waals surface area contributed by atoms with E-state index in [4.69, 9.17) is 31.5 Å². The van der Waals surface area contributed by atoms with Crippen LogP contribution in [0.1, 0.15) is 62.0 Å². The average molecular weight is 828 g/mol. The lowest BCUT2D eigenvalue weighted by atomic mass is 9.94. The van der Waals surface area contributed by atoms with E-state index in [1.807, 2.05) is 0 Å². The molecular formula is C41H47ClFN3O10S. The number of carbonyl (C=O) groups excluding carboxylic acids is 3. The van der Waals surface area contributed by atoms with E-state index >= 15 is 0 Å². The zero-order valence-corrected chi connectivity index (χ0v) is 34.0. The van der Waals surface area contributed by atoms with Crippen LogP contribution in [0.15, 0.2) is 108 Å². The van der Waals surface area contributed by atoms with Crippen molar-refractivity contribution in [3.63, 3.8) is 0 Å². The first-order valence-electron chi connectivity index (χ1n) is 17.5. The summed E-state index contributed by atoms with van der Waals surface area (Å²) in [6.07, 6.45) is 0.142. The maximum atomic E-state index is 13.7. The maximum absolute atomic E-state index is 13.7. The van der Waals surface area contributed by atoms with E-state index in [0.29, 0.717) is 27.4 Å². The molecule has 3 aromatic rings. The molecule has 0 fully saturated rings. The molecule has 3 rings (SSSR count). The fourth-order valence-electron chi connectivity index (χ4n) is 5.00. The van der Waals surface area contributed by atoms with Crippen molar-refractivity contribution < 1.29 is 51.6 Å². The molecular weight excluding hydrogens is 781 g/mol. The third kappa shape index (κ3) is 14.0. The summed E-state index contributed by atoms with van der Waals surface area (Å²) < 4.78 is 54.6. The molecule has 4 N–H and O–H groups in total. The highest BCUT2D eigenvalue weighted by molar-refractivity contribution is 7.88. The maximum Gasteiger partial charge on any atom is 0.352 e. The van der Waals surface area contributed by atoms with Gasteiger partial charge in [-0.1, -0.05) is 44.2 Å². The van der Waals surface area contributed by atoms with Gasteiger partial charge in [-0.15, -0.1) is 0 Å². The van der Waals surface area contributed by atoms with Gasteiger partial charge in [-0.2, -0.15) is 0 Å². The molecule has 306 valence electrons. The van der Waals surface area contributed by atoms with Crippen molar-refractivity contribution in [1.29, 1.82) is 0 Å². The van der Waals surface area contributed by atoms with E-state index in [-0.39, 0.29) is 41.0 Å². The number of sulfonamides is 1. The van der Waals surface area contributed by atoms with Crippen LogP contribution in [0.25, 0.3) is 5.70 Å². The molecule has 0 aliphatic heterocycles. The second-order valence-electron chi connectivity index (χ2n) is 13.7. The van der Waals surface area contributed by atoms with Gasteiger partial charge in [0.2, 0.25) is 16.8 Å². The number of halogens is 2. The molecule has 0 spiro atoms. The Labute approximate surface area is 337 Å². The summed E-state index contributed by atoms with van der Waals surface area (Å²) in [6.45, 7) is 9.43. The molecule has 2 atom stereocenters. The summed E-state index contributed by atoms with van der Waals surface area (Å²) in [7, 11) is -2.41. The molecule has 0 bridgehead atoms. The summed E-state index contributed by atoms with van der Waals surface area (Å²) in [6, 6.07) is 17.9. The van der Waals surface area contributed by atoms with E-state index in [9.17, 15) is 37.4 Å². The largest absolute Gasteiger partial charge is 0.476 e. The van der Waals surface area contributed by atoms with Crippen LogP contribution in [0, 0.1) is 11.7 Å². The van der Waals surface area contributed by atoms with Crippen LogP contribution in [0.2, 0.25) is 5.02 Å². The van der Waals surface area contributed by atoms with Crippen molar-refractivity contribution >= 4 is 50.8 Å². The van der Waals surface area contributed by atoms with E-state index < -0.39 is 58.8 Å². The monoisotopic (exact) mass is 827 g/mol. The van der Waals surface area contributed by atoms with Crippen LogP contribution in [0.4, 0.5) is 4.39 Å². The number of hydrogen-bond donors (Lipinski definition) is 3. The van der Waals surface area contributed by atoms with E-state index in [2.05, 4.69) is 11.6 Å². The highest BCUT2D eigenvalue weighted by Gasteiger charge is 2.32. The molecule has 0 radical (unpaired) electrons. The third-order valence-electron chi connectivity index (χ3n) is 8.28. The quantitative estimate of drug-likeness (QED) is 0.0435. The van der Waals surface area contributed by atoms with Crippen molar-refractivity contribution in [3.05, 3.63) is 130 Å². The molecule has 16 heteroatoms. The van der Waals surface area contributed by atoms with Crippen molar-refractivity contribution in [1.82, 2.24) is 4.31 Å². The molecule has 0 aliphatic carbocycles. The zero-order chi connectivity index (χ0) is 42.7. The lowest BCUT2D eigenvalue weighted by Crippen LogP contribution is -2.40. The second-order valence-corrected chi connectivity index (χ2v) is 16.1. The first-order chi connectivity index (χ1) is 26.6. The van der Waals surface area contributed by atoms with Gasteiger partial charge < -0.3 is 30.2 Å². The minimum Gasteiger partial charge on any atom is -0.476 e. The van der Waals surface area contributed by atoms with E-state index in [0.717, 1.165) is 10.6 Å². The van der Waals surface area contributed by atoms with Gasteiger partial charge in [-0.25, -0.2) is 22.6 Å². The smallest absolute Gasteiger partial charge is 0.352 e. The number of rotatable bonds is 19. The third-order valence-corrected chi connectivity index (χ3v) is 9.73. The van der Waals surface area contributed by atoms with Crippen molar-refractivity contribution in [2.24, 2.45) is 16.6 Å². The molecule has 0 heterocycles. The Hall–Kier alpha value is -5.35. The summed E-state index contributed by atoms with van der Waals surface area (Å²) in [5, 5.41) is 21.8. The number of nitrogens with zero attached hydrogens (tertiary/aromatic N) is 2. The first-order valence-corrected chi connectivity index (χ1v) is 19.8. The Balaban J connectivity index is 1.60. The Bertz CT molecular complexity index is 2120. The molecule has 0 aliphatic rings. The highest BCUT2D eigenvalue weighted by atomic mass is 35.5. The number of ether oxygens (including phenoxy) is 3.